The lowest BCUT2D eigenvalue weighted by atomic mass is 10.3. The Hall–Kier alpha value is -1.27. The molecule has 2 N–H and O–H groups in total. The predicted octanol–water partition coefficient (Wildman–Crippen LogP) is 0.748. The molecule has 1 rings (SSSR count). The van der Waals surface area contributed by atoms with Crippen LogP contribution >= 0.6 is 12.2 Å². The van der Waals surface area contributed by atoms with E-state index in [9.17, 15) is 0 Å². The number of nitrogens with two attached hydrogens (primary N) is 1. The highest BCUT2D eigenvalue weighted by Gasteiger charge is 2.10. The topological polar surface area (TPSA) is 64.3 Å². The molecule has 5 nitrogen and oxygen atoms in total. The molecule has 0 aliphatic carbocycles. The zero-order valence-corrected chi connectivity index (χ0v) is 11.4. The van der Waals surface area contributed by atoms with Crippen LogP contribution < -0.4 is 10.5 Å². The minimum atomic E-state index is 0.00555. The lowest BCUT2D eigenvalue weighted by molar-refractivity contribution is 0.163. The summed E-state index contributed by atoms with van der Waals surface area (Å²) in [7, 11) is 3.97. The minimum Gasteiger partial charge on any atom is -0.459 e. The van der Waals surface area contributed by atoms with Gasteiger partial charge in [-0.15, -0.1) is 0 Å². The summed E-state index contributed by atoms with van der Waals surface area (Å²) in [6.45, 7) is 4.61. The second-order valence-electron chi connectivity index (χ2n) is 4.23. The fourth-order valence-electron chi connectivity index (χ4n) is 1.45. The van der Waals surface area contributed by atoms with E-state index in [1.165, 1.54) is 0 Å². The van der Waals surface area contributed by atoms with Crippen molar-refractivity contribution in [1.82, 2.24) is 14.9 Å². The van der Waals surface area contributed by atoms with E-state index >= 15 is 0 Å². The number of hydrogen-bond donors (Lipinski definition) is 1. The molecular formula is C11H18N4OS. The quantitative estimate of drug-likeness (QED) is 0.782. The van der Waals surface area contributed by atoms with Crippen LogP contribution in [0.4, 0.5) is 0 Å². The van der Waals surface area contributed by atoms with E-state index < -0.39 is 0 Å². The van der Waals surface area contributed by atoms with Gasteiger partial charge in [0.2, 0.25) is 0 Å². The summed E-state index contributed by atoms with van der Waals surface area (Å²) < 4.78 is 5.62. The molecule has 0 aliphatic rings. The molecule has 1 aromatic rings. The molecule has 0 saturated heterocycles. The number of aromatic nitrogens is 2. The molecule has 0 aliphatic heterocycles. The van der Waals surface area contributed by atoms with Crippen LogP contribution in [0.15, 0.2) is 6.07 Å². The summed E-state index contributed by atoms with van der Waals surface area (Å²) in [5, 5.41) is 0. The molecule has 0 amide bonds. The van der Waals surface area contributed by atoms with Crippen molar-refractivity contribution >= 4 is 17.2 Å². The van der Waals surface area contributed by atoms with Crippen molar-refractivity contribution in [2.24, 2.45) is 5.73 Å². The first-order valence-electron chi connectivity index (χ1n) is 5.35. The van der Waals surface area contributed by atoms with Gasteiger partial charge in [-0.1, -0.05) is 12.2 Å². The Morgan fingerprint density at radius 1 is 1.53 bits per heavy atom. The van der Waals surface area contributed by atoms with Gasteiger partial charge in [-0.25, -0.2) is 4.98 Å². The second kappa shape index (κ2) is 5.88. The predicted molar refractivity (Wildman–Crippen MR) is 71.3 cm³/mol. The maximum atomic E-state index is 5.62. The fourth-order valence-corrected chi connectivity index (χ4v) is 1.56. The molecule has 0 fully saturated rings. The van der Waals surface area contributed by atoms with Crippen LogP contribution in [-0.4, -0.2) is 46.6 Å². The molecule has 1 unspecified atom stereocenters. The number of nitrogens with zero attached hydrogens (tertiary/aromatic N) is 3. The van der Waals surface area contributed by atoms with Gasteiger partial charge in [0.15, 0.2) is 0 Å². The van der Waals surface area contributed by atoms with E-state index in [-0.39, 0.29) is 11.1 Å². The number of ether oxygens (including phenoxy) is 1. The van der Waals surface area contributed by atoms with Crippen LogP contribution in [0.1, 0.15) is 18.3 Å². The van der Waals surface area contributed by atoms with Gasteiger partial charge in [-0.05, 0) is 34.0 Å². The van der Waals surface area contributed by atoms with Crippen LogP contribution in [0, 0.1) is 6.92 Å². The molecule has 0 aromatic carbocycles. The molecule has 0 radical (unpaired) electrons. The molecule has 0 saturated carbocycles. The fraction of sp³-hybridized carbons (Fsp3) is 0.545. The number of aryl methyl sites for hydroxylation is 1. The first-order valence-corrected chi connectivity index (χ1v) is 5.76. The normalized spacial score (nSPS) is 12.5. The van der Waals surface area contributed by atoms with Crippen molar-refractivity contribution < 1.29 is 4.74 Å². The maximum Gasteiger partial charge on any atom is 0.317 e. The van der Waals surface area contributed by atoms with E-state index in [1.807, 2.05) is 32.8 Å². The Balaban J connectivity index is 2.80. The van der Waals surface area contributed by atoms with Gasteiger partial charge >= 0.3 is 6.01 Å². The number of rotatable bonds is 5. The summed E-state index contributed by atoms with van der Waals surface area (Å²) in [6, 6.07) is 2.06. The van der Waals surface area contributed by atoms with Crippen LogP contribution in [0.3, 0.4) is 0 Å². The molecule has 1 heterocycles. The molecule has 1 aromatic heterocycles. The van der Waals surface area contributed by atoms with E-state index in [4.69, 9.17) is 22.7 Å². The van der Waals surface area contributed by atoms with Crippen LogP contribution in [0.5, 0.6) is 6.01 Å². The van der Waals surface area contributed by atoms with Crippen molar-refractivity contribution in [3.05, 3.63) is 17.5 Å². The highest BCUT2D eigenvalue weighted by atomic mass is 32.1. The molecule has 94 valence electrons. The Kier molecular flexibility index (Phi) is 4.77. The third-order valence-electron chi connectivity index (χ3n) is 2.02. The van der Waals surface area contributed by atoms with Gasteiger partial charge in [0.25, 0.3) is 0 Å². The van der Waals surface area contributed by atoms with Gasteiger partial charge in [0.1, 0.15) is 16.8 Å². The summed E-state index contributed by atoms with van der Waals surface area (Å²) in [6.07, 6.45) is 0.00555. The summed E-state index contributed by atoms with van der Waals surface area (Å²) in [5.74, 6) is 0. The van der Waals surface area contributed by atoms with E-state index in [0.717, 1.165) is 12.2 Å². The van der Waals surface area contributed by atoms with Crippen LogP contribution in [-0.2, 0) is 0 Å². The Bertz CT molecular complexity index is 408. The second-order valence-corrected chi connectivity index (χ2v) is 4.67. The number of likely N-dealkylation sites (N-methyl/N-ethyl adjacent to an activating group) is 1. The zero-order chi connectivity index (χ0) is 13.0. The van der Waals surface area contributed by atoms with Crippen molar-refractivity contribution in [1.29, 1.82) is 0 Å². The highest BCUT2D eigenvalue weighted by Crippen LogP contribution is 2.09. The third kappa shape index (κ3) is 4.62. The van der Waals surface area contributed by atoms with E-state index in [1.54, 1.807) is 6.07 Å². The number of hydrogen-bond acceptors (Lipinski definition) is 5. The molecule has 1 atom stereocenters. The Morgan fingerprint density at radius 3 is 2.71 bits per heavy atom. The SMILES string of the molecule is Cc1cc(C(N)=S)nc(OC(C)CN(C)C)n1. The monoisotopic (exact) mass is 254 g/mol. The van der Waals surface area contributed by atoms with Gasteiger partial charge < -0.3 is 15.4 Å². The van der Waals surface area contributed by atoms with Gasteiger partial charge in [0, 0.05) is 12.2 Å². The standard InChI is InChI=1S/C11H18N4OS/c1-7-5-9(10(12)17)14-11(13-7)16-8(2)6-15(3)4/h5,8H,6H2,1-4H3,(H2,12,17). The third-order valence-corrected chi connectivity index (χ3v) is 2.22. The van der Waals surface area contributed by atoms with Crippen molar-refractivity contribution in [2.45, 2.75) is 20.0 Å². The summed E-state index contributed by atoms with van der Waals surface area (Å²) in [5.41, 5.74) is 6.87. The maximum absolute atomic E-state index is 5.62. The molecule has 0 bridgehead atoms. The Labute approximate surface area is 107 Å². The largest absolute Gasteiger partial charge is 0.459 e. The lowest BCUT2D eigenvalue weighted by Crippen LogP contribution is -2.28. The van der Waals surface area contributed by atoms with E-state index in [2.05, 4.69) is 9.97 Å². The van der Waals surface area contributed by atoms with Gasteiger partial charge in [0.05, 0.1) is 0 Å². The summed E-state index contributed by atoms with van der Waals surface area (Å²) in [4.78, 5) is 10.6. The van der Waals surface area contributed by atoms with Gasteiger partial charge in [-0.3, -0.25) is 0 Å². The highest BCUT2D eigenvalue weighted by molar-refractivity contribution is 7.80. The lowest BCUT2D eigenvalue weighted by Gasteiger charge is -2.17. The average Bonchev–Trinajstić information content (AvgIpc) is 2.14. The first kappa shape index (κ1) is 13.8. The first-order chi connectivity index (χ1) is 7.88. The van der Waals surface area contributed by atoms with Crippen LogP contribution in [0.25, 0.3) is 0 Å². The van der Waals surface area contributed by atoms with E-state index in [0.29, 0.717) is 11.7 Å². The molecule has 6 heteroatoms. The zero-order valence-electron chi connectivity index (χ0n) is 10.6. The molecular weight excluding hydrogens is 236 g/mol. The van der Waals surface area contributed by atoms with Crippen molar-refractivity contribution in [2.75, 3.05) is 20.6 Å². The molecule has 0 spiro atoms. The van der Waals surface area contributed by atoms with Crippen molar-refractivity contribution in [3.8, 4) is 6.01 Å². The summed E-state index contributed by atoms with van der Waals surface area (Å²) >= 11 is 4.89. The minimum absolute atomic E-state index is 0.00555. The Morgan fingerprint density at radius 2 is 2.18 bits per heavy atom. The number of thiocarbonyl (C=S) groups is 1. The van der Waals surface area contributed by atoms with Crippen LogP contribution in [0.2, 0.25) is 0 Å². The average molecular weight is 254 g/mol. The molecule has 17 heavy (non-hydrogen) atoms. The smallest absolute Gasteiger partial charge is 0.317 e. The van der Waals surface area contributed by atoms with Crippen molar-refractivity contribution in [3.63, 3.8) is 0 Å². The van der Waals surface area contributed by atoms with Gasteiger partial charge in [-0.2, -0.15) is 4.98 Å².